The molecule has 1 spiro atoms. The third kappa shape index (κ3) is 4.68. The maximum Gasteiger partial charge on any atom is 0.198 e. The van der Waals surface area contributed by atoms with Gasteiger partial charge in [-0.05, 0) is 92.4 Å². The molecule has 2 aliphatic heterocycles. The van der Waals surface area contributed by atoms with Gasteiger partial charge in [0.15, 0.2) is 12.9 Å². The van der Waals surface area contributed by atoms with Crippen molar-refractivity contribution in [3.05, 3.63) is 235 Å². The van der Waals surface area contributed by atoms with Crippen molar-refractivity contribution in [1.82, 2.24) is 0 Å². The first-order chi connectivity index (χ1) is 32.7. The second-order valence-corrected chi connectivity index (χ2v) is 17.8. The second-order valence-electron chi connectivity index (χ2n) is 17.8. The fourth-order valence-corrected chi connectivity index (χ4v) is 11.8. The van der Waals surface area contributed by atoms with E-state index < -0.39 is 5.41 Å². The van der Waals surface area contributed by atoms with Gasteiger partial charge < -0.3 is 19.1 Å². The molecule has 0 unspecified atom stereocenters. The summed E-state index contributed by atoms with van der Waals surface area (Å²) in [5.74, 6) is 0. The third-order valence-corrected chi connectivity index (χ3v) is 14.5. The highest BCUT2D eigenvalue weighted by Gasteiger charge is 2.53. The number of rotatable bonds is 4. The average Bonchev–Trinajstić information content (AvgIpc) is 4.04. The smallest absolute Gasteiger partial charge is 0.198 e. The molecule has 3 aliphatic rings. The minimum absolute atomic E-state index is 0.509. The normalized spacial score (nSPS) is 13.7. The number of furan rings is 2. The van der Waals surface area contributed by atoms with Crippen LogP contribution in [-0.4, -0.2) is 7.28 Å². The SMILES string of the molecule is [B]1c2cccc3c2N(c2ccccc2C32c3ccccc3-c3ccccc32)c2cc3c(oc4ccccc43)c(-c3cc(-c4ccccc4)ccc3Nc3cccc4c3oc3ccccc34)c21. The van der Waals surface area contributed by atoms with E-state index in [0.29, 0.717) is 0 Å². The monoisotopic (exact) mass is 839 g/mol. The summed E-state index contributed by atoms with van der Waals surface area (Å²) in [6.45, 7) is 0. The summed E-state index contributed by atoms with van der Waals surface area (Å²) in [4.78, 5) is 2.55. The van der Waals surface area contributed by atoms with E-state index in [-0.39, 0.29) is 0 Å². The second kappa shape index (κ2) is 13.3. The van der Waals surface area contributed by atoms with E-state index in [1.54, 1.807) is 0 Å². The maximum atomic E-state index is 7.10. The molecule has 1 aliphatic carbocycles. The van der Waals surface area contributed by atoms with Crippen LogP contribution in [0.4, 0.5) is 28.4 Å². The zero-order chi connectivity index (χ0) is 43.1. The molecule has 10 aromatic carbocycles. The summed E-state index contributed by atoms with van der Waals surface area (Å²) in [6.07, 6.45) is 0. The Hall–Kier alpha value is -8.54. The van der Waals surface area contributed by atoms with Crippen LogP contribution in [0.2, 0.25) is 0 Å². The van der Waals surface area contributed by atoms with Crippen molar-refractivity contribution in [2.24, 2.45) is 0 Å². The highest BCUT2D eigenvalue weighted by atomic mass is 16.3. The molecule has 15 rings (SSSR count). The van der Waals surface area contributed by atoms with Gasteiger partial charge in [-0.15, -0.1) is 0 Å². The van der Waals surface area contributed by atoms with E-state index >= 15 is 0 Å². The van der Waals surface area contributed by atoms with Crippen LogP contribution in [-0.2, 0) is 5.41 Å². The first kappa shape index (κ1) is 35.9. The van der Waals surface area contributed by atoms with Gasteiger partial charge in [0.05, 0.1) is 16.8 Å². The summed E-state index contributed by atoms with van der Waals surface area (Å²) in [5, 5.41) is 8.25. The number of fused-ring (bicyclic) bond motifs is 17. The van der Waals surface area contributed by atoms with Crippen LogP contribution < -0.4 is 21.1 Å². The van der Waals surface area contributed by atoms with Crippen molar-refractivity contribution < 1.29 is 8.83 Å². The van der Waals surface area contributed by atoms with Gasteiger partial charge in [0.25, 0.3) is 0 Å². The van der Waals surface area contributed by atoms with E-state index in [0.717, 1.165) is 94.1 Å². The number of para-hydroxylation sites is 5. The first-order valence-corrected chi connectivity index (χ1v) is 22.7. The molecule has 0 amide bonds. The zero-order valence-corrected chi connectivity index (χ0v) is 35.5. The molecule has 12 aromatic rings. The molecule has 0 saturated heterocycles. The maximum absolute atomic E-state index is 7.10. The Bertz CT molecular complexity index is 3990. The predicted molar refractivity (Wildman–Crippen MR) is 272 cm³/mol. The molecule has 66 heavy (non-hydrogen) atoms. The first-order valence-electron chi connectivity index (χ1n) is 22.7. The number of anilines is 5. The molecule has 305 valence electrons. The minimum Gasteiger partial charge on any atom is -0.455 e. The van der Waals surface area contributed by atoms with Crippen LogP contribution in [0.5, 0.6) is 0 Å². The topological polar surface area (TPSA) is 41.6 Å². The molecular formula is C61H36BN2O2. The highest BCUT2D eigenvalue weighted by molar-refractivity contribution is 6.74. The van der Waals surface area contributed by atoms with Crippen LogP contribution >= 0.6 is 0 Å². The third-order valence-electron chi connectivity index (χ3n) is 14.5. The van der Waals surface area contributed by atoms with Gasteiger partial charge in [0, 0.05) is 49.7 Å². The van der Waals surface area contributed by atoms with E-state index in [4.69, 9.17) is 8.83 Å². The molecule has 4 nitrogen and oxygen atoms in total. The summed E-state index contributed by atoms with van der Waals surface area (Å²) in [5.41, 5.74) is 22.6. The summed E-state index contributed by atoms with van der Waals surface area (Å²) in [7, 11) is 2.42. The van der Waals surface area contributed by atoms with Gasteiger partial charge in [-0.25, -0.2) is 0 Å². The van der Waals surface area contributed by atoms with Crippen molar-refractivity contribution in [3.63, 3.8) is 0 Å². The van der Waals surface area contributed by atoms with Gasteiger partial charge in [0.2, 0.25) is 0 Å². The quantitative estimate of drug-likeness (QED) is 0.179. The van der Waals surface area contributed by atoms with Crippen LogP contribution in [0.25, 0.3) is 77.3 Å². The fraction of sp³-hybridized carbons (Fsp3) is 0.0164. The Morgan fingerprint density at radius 2 is 1.03 bits per heavy atom. The van der Waals surface area contributed by atoms with Crippen molar-refractivity contribution >= 4 is 90.5 Å². The van der Waals surface area contributed by atoms with Crippen LogP contribution in [0.15, 0.2) is 221 Å². The summed E-state index contributed by atoms with van der Waals surface area (Å²) < 4.78 is 13.7. The summed E-state index contributed by atoms with van der Waals surface area (Å²) >= 11 is 0. The van der Waals surface area contributed by atoms with Crippen LogP contribution in [0.1, 0.15) is 22.3 Å². The van der Waals surface area contributed by atoms with Gasteiger partial charge in [-0.2, -0.15) is 0 Å². The van der Waals surface area contributed by atoms with Crippen molar-refractivity contribution in [2.75, 3.05) is 10.2 Å². The zero-order valence-electron chi connectivity index (χ0n) is 35.5. The minimum atomic E-state index is -0.509. The van der Waals surface area contributed by atoms with Crippen LogP contribution in [0, 0.1) is 0 Å². The van der Waals surface area contributed by atoms with Crippen LogP contribution in [0.3, 0.4) is 0 Å². The molecule has 0 saturated carbocycles. The lowest BCUT2D eigenvalue weighted by molar-refractivity contribution is 0.670. The molecule has 1 N–H and O–H groups in total. The highest BCUT2D eigenvalue weighted by Crippen LogP contribution is 2.63. The number of benzene rings is 10. The predicted octanol–water partition coefficient (Wildman–Crippen LogP) is 14.7. The van der Waals surface area contributed by atoms with Gasteiger partial charge in [-0.3, -0.25) is 0 Å². The number of nitrogens with one attached hydrogen (secondary N) is 1. The summed E-state index contributed by atoms with van der Waals surface area (Å²) in [6, 6.07) is 76.9. The fourth-order valence-electron chi connectivity index (χ4n) is 11.8. The van der Waals surface area contributed by atoms with Gasteiger partial charge >= 0.3 is 0 Å². The van der Waals surface area contributed by atoms with Crippen molar-refractivity contribution in [1.29, 1.82) is 0 Å². The van der Waals surface area contributed by atoms with E-state index in [1.165, 1.54) is 44.8 Å². The van der Waals surface area contributed by atoms with Crippen molar-refractivity contribution in [2.45, 2.75) is 5.41 Å². The largest absolute Gasteiger partial charge is 0.455 e. The molecule has 4 heterocycles. The van der Waals surface area contributed by atoms with E-state index in [2.05, 4.69) is 218 Å². The Balaban J connectivity index is 1.04. The number of nitrogens with zero attached hydrogens (tertiary/aromatic N) is 1. The molecule has 0 bridgehead atoms. The lowest BCUT2D eigenvalue weighted by Crippen LogP contribution is -2.47. The molecule has 2 aromatic heterocycles. The van der Waals surface area contributed by atoms with Crippen molar-refractivity contribution in [3.8, 4) is 33.4 Å². The van der Waals surface area contributed by atoms with E-state index in [9.17, 15) is 0 Å². The van der Waals surface area contributed by atoms with Gasteiger partial charge in [0.1, 0.15) is 16.7 Å². The Labute approximate surface area is 381 Å². The Morgan fingerprint density at radius 1 is 0.409 bits per heavy atom. The number of hydrogen-bond acceptors (Lipinski definition) is 4. The van der Waals surface area contributed by atoms with E-state index in [1.807, 2.05) is 12.1 Å². The Kier molecular flexibility index (Phi) is 7.21. The molecule has 0 atom stereocenters. The molecule has 1 radical (unpaired) electrons. The number of hydrogen-bond donors (Lipinski definition) is 1. The average molecular weight is 840 g/mol. The standard InChI is InChI=1S/C61H36BN2O2/c1-2-16-36(17-3-1)37-32-33-50(63-51-28-14-22-42-40-20-6-12-30-54(40)65-59(42)51)44(34-37)56-57-53(35-43-41-21-7-13-31-55(41)66-60(43)56)64-52-29-11-10-25-47(52)61(48-26-15-27-49(62-57)58(48)64)45-23-8-4-18-38(45)39-19-5-9-24-46(39)61/h1-35,63H. The Morgan fingerprint density at radius 3 is 1.82 bits per heavy atom. The molecular weight excluding hydrogens is 803 g/mol. The molecule has 5 heteroatoms. The lowest BCUT2D eigenvalue weighted by atomic mass is 9.54. The lowest BCUT2D eigenvalue weighted by Gasteiger charge is -2.48. The molecule has 0 fully saturated rings. The van der Waals surface area contributed by atoms with Gasteiger partial charge in [-0.1, -0.05) is 175 Å².